The zero-order chi connectivity index (χ0) is 88.3. The van der Waals surface area contributed by atoms with Gasteiger partial charge in [0.25, 0.3) is 7.82 Å². The Kier molecular flexibility index (Phi) is 30.2. The number of aliphatic imine (C=N–C) groups is 3. The van der Waals surface area contributed by atoms with Gasteiger partial charge in [0.05, 0.1) is 36.7 Å². The van der Waals surface area contributed by atoms with E-state index in [0.29, 0.717) is 93.4 Å². The van der Waals surface area contributed by atoms with E-state index < -0.39 is 155 Å². The number of esters is 1. The molecule has 7 aliphatic rings. The van der Waals surface area contributed by atoms with Crippen molar-refractivity contribution in [3.8, 4) is 0 Å². The third kappa shape index (κ3) is 20.3. The van der Waals surface area contributed by atoms with Gasteiger partial charge in [-0.15, -0.1) is 0 Å². The molecule has 0 radical (unpaired) electrons. The molecule has 8 bridgehead atoms. The number of fused-ring (bicyclic) bond motifs is 8. The van der Waals surface area contributed by atoms with Gasteiger partial charge < -0.3 is 109 Å². The van der Waals surface area contributed by atoms with Gasteiger partial charge in [-0.2, -0.15) is 5.70 Å². The Morgan fingerprint density at radius 1 is 0.800 bits per heavy atom. The fraction of sp³-hybridized carbons (Fsp3) is 0.602. The zero-order valence-corrected chi connectivity index (χ0v) is 72.8. The number of imidazole rings is 2. The van der Waals surface area contributed by atoms with E-state index in [-0.39, 0.29) is 100 Å². The minimum absolute atomic E-state index is 0. The first-order chi connectivity index (χ1) is 55.6. The van der Waals surface area contributed by atoms with Crippen LogP contribution in [0.25, 0.3) is 22.0 Å². The van der Waals surface area contributed by atoms with Crippen LogP contribution in [0.1, 0.15) is 213 Å². The second kappa shape index (κ2) is 37.8. The van der Waals surface area contributed by atoms with E-state index in [1.54, 1.807) is 24.9 Å². The molecule has 7 aliphatic heterocycles. The summed E-state index contributed by atoms with van der Waals surface area (Å²) >= 11 is 0. The number of ether oxygens (including phenoxy) is 3. The van der Waals surface area contributed by atoms with E-state index in [0.717, 1.165) is 24.0 Å². The molecule has 37 heteroatoms. The summed E-state index contributed by atoms with van der Waals surface area (Å²) in [6, 6.07) is 6.62. The van der Waals surface area contributed by atoms with Crippen LogP contribution in [-0.2, 0) is 78.2 Å². The number of hydrogen-bond donors (Lipinski definition) is 9. The number of carbonyl (C=O) groups excluding carboxylic acids is 9. The van der Waals surface area contributed by atoms with Crippen LogP contribution in [-0.4, -0.2) is 179 Å². The Morgan fingerprint density at radius 2 is 1.41 bits per heavy atom. The second-order valence-corrected chi connectivity index (χ2v) is 36.1. The maximum atomic E-state index is 14.4. The number of amides is 8. The first-order valence-electron chi connectivity index (χ1n) is 40.1. The van der Waals surface area contributed by atoms with Gasteiger partial charge in [-0.1, -0.05) is 53.1 Å². The molecular weight excluding hydrogens is 1610 g/mol. The Labute approximate surface area is 708 Å². The van der Waals surface area contributed by atoms with E-state index in [4.69, 9.17) is 89.8 Å². The smallest absolute Gasteiger partial charge is 0.756 e. The van der Waals surface area contributed by atoms with Gasteiger partial charge in [0, 0.05) is 140 Å². The number of pyridine rings is 1. The number of nitrogens with zero attached hydrogens (tertiary/aromatic N) is 10. The first-order valence-corrected chi connectivity index (χ1v) is 41.6. The van der Waals surface area contributed by atoms with Gasteiger partial charge in [-0.05, 0) is 176 Å². The van der Waals surface area contributed by atoms with Crippen molar-refractivity contribution >= 4 is 95.1 Å². The van der Waals surface area contributed by atoms with E-state index >= 15 is 0 Å². The monoisotopic (exact) mass is 1730 g/mol. The largest absolute Gasteiger partial charge is 3.00 e. The Morgan fingerprint density at radius 3 is 1.99 bits per heavy atom. The van der Waals surface area contributed by atoms with Crippen LogP contribution in [0, 0.1) is 71.0 Å². The number of likely N-dealkylation sites (tertiary alicyclic amines) is 1. The molecule has 3 aromatic heterocycles. The average Bonchev–Trinajstić information content (AvgIpc) is 1.52. The third-order valence-corrected chi connectivity index (χ3v) is 26.2. The maximum absolute atomic E-state index is 14.4. The van der Waals surface area contributed by atoms with Crippen molar-refractivity contribution < 1.29 is 103 Å². The van der Waals surface area contributed by atoms with Crippen molar-refractivity contribution in [3.63, 3.8) is 0 Å². The molecular formula is C83H115CoN17O18P. The van der Waals surface area contributed by atoms with E-state index in [1.165, 1.54) is 23.4 Å². The Hall–Kier alpha value is -9.57. The van der Waals surface area contributed by atoms with Crippen LogP contribution in [0.3, 0.4) is 0 Å². The summed E-state index contributed by atoms with van der Waals surface area (Å²) in [5, 5.41) is 36.4. The third-order valence-electron chi connectivity index (χ3n) is 25.1. The molecule has 3 fully saturated rings. The number of carbonyl (C=O) groups is 9. The number of hydrogen-bond acceptors (Lipinski definition) is 24. The molecule has 1 aromatic carbocycles. The van der Waals surface area contributed by atoms with Gasteiger partial charge in [-0.3, -0.25) is 53.1 Å². The molecule has 15 N–H and O–H groups in total. The van der Waals surface area contributed by atoms with Crippen molar-refractivity contribution in [2.45, 2.75) is 241 Å². The first kappa shape index (κ1) is 95.9. The van der Waals surface area contributed by atoms with Crippen LogP contribution >= 0.6 is 7.82 Å². The molecule has 10 heterocycles. The van der Waals surface area contributed by atoms with E-state index in [9.17, 15) is 62.8 Å². The van der Waals surface area contributed by atoms with Gasteiger partial charge in [0.1, 0.15) is 29.6 Å². The van der Waals surface area contributed by atoms with Gasteiger partial charge in [0.15, 0.2) is 11.9 Å². The summed E-state index contributed by atoms with van der Waals surface area (Å²) in [7, 11) is -5.32. The van der Waals surface area contributed by atoms with Gasteiger partial charge >= 0.3 is 28.8 Å². The SMILES string of the molecule is C/C1=C2N=C(/C=C3N=C(/C(C)=C4\[N-][C@@](C)([C@@H]5N=C1[C@](C)(CCC(=O)NCC(C)OP(=O)([O-])O[C@H]1[C@@H](O)[C@@H](n6cnc7cc(C)c(C)cc76)O[C@@H]1CO)[C@H]5CC(N)=O)[C@@](C)(CC(N)=O)[C@@H]4CCC(N)=O)[C@@](C)(CC(N)=O)[C@@H]\3CCC(N)=O)C(C)(C)[C@@H]/2CCC(N)=O.CCOC(=O)c1cn2cc(C3CCN(C(=O)OC(C)(C)C)CC3)ccc2n1.[C-]#N.[Co+3]. The zero-order valence-electron chi connectivity index (χ0n) is 70.8. The number of aliphatic hydroxyl groups excluding tert-OH is 2. The molecule has 654 valence electrons. The molecule has 35 nitrogen and oxygen atoms in total. The molecule has 3 saturated heterocycles. The van der Waals surface area contributed by atoms with Crippen molar-refractivity contribution in [1.82, 2.24) is 29.2 Å². The summed E-state index contributed by atoms with van der Waals surface area (Å²) < 4.78 is 44.2. The molecule has 0 aliphatic carbocycles. The average molecular weight is 1730 g/mol. The quantitative estimate of drug-likeness (QED) is 0.0149. The number of phosphoric ester groups is 1. The minimum atomic E-state index is -5.32. The number of piperidine rings is 1. The predicted molar refractivity (Wildman–Crippen MR) is 437 cm³/mol. The minimum Gasteiger partial charge on any atom is -0.756 e. The van der Waals surface area contributed by atoms with Crippen LogP contribution in [0.5, 0.6) is 0 Å². The summed E-state index contributed by atoms with van der Waals surface area (Å²) in [6.07, 6.45) is 0.438. The van der Waals surface area contributed by atoms with Crippen LogP contribution in [0.4, 0.5) is 4.79 Å². The fourth-order valence-electron chi connectivity index (χ4n) is 18.6. The van der Waals surface area contributed by atoms with Crippen LogP contribution in [0.2, 0.25) is 0 Å². The van der Waals surface area contributed by atoms with Crippen molar-refractivity contribution in [3.05, 3.63) is 112 Å². The number of rotatable bonds is 29. The van der Waals surface area contributed by atoms with Crippen LogP contribution in [0.15, 0.2) is 92.3 Å². The second-order valence-electron chi connectivity index (χ2n) is 34.8. The number of primary amides is 6. The molecule has 11 rings (SSSR count). The molecule has 0 spiro atoms. The number of allylic oxidation sites excluding steroid dienone is 6. The molecule has 15 atom stereocenters. The summed E-state index contributed by atoms with van der Waals surface area (Å²) in [4.78, 5) is 158. The number of phosphoric acid groups is 1. The maximum Gasteiger partial charge on any atom is 3.00 e. The van der Waals surface area contributed by atoms with Gasteiger partial charge in [-0.25, -0.2) is 19.6 Å². The van der Waals surface area contributed by atoms with Gasteiger partial charge in [0.2, 0.25) is 41.4 Å². The molecule has 0 saturated carbocycles. The van der Waals surface area contributed by atoms with Crippen molar-refractivity contribution in [2.75, 3.05) is 32.8 Å². The molecule has 2 unspecified atom stereocenters. The number of aryl methyl sites for hydroxylation is 2. The van der Waals surface area contributed by atoms with E-state index in [1.807, 2.05) is 124 Å². The number of nitrogens with one attached hydrogen (secondary N) is 1. The van der Waals surface area contributed by atoms with Crippen molar-refractivity contribution in [1.29, 1.82) is 5.26 Å². The van der Waals surface area contributed by atoms with E-state index in [2.05, 4.69) is 15.3 Å². The number of benzene rings is 1. The Bertz CT molecular complexity index is 4900. The van der Waals surface area contributed by atoms with Crippen molar-refractivity contribution in [2.24, 2.45) is 94.7 Å². The molecule has 4 aromatic rings. The van der Waals surface area contributed by atoms with Crippen LogP contribution < -0.4 is 44.6 Å². The number of nitrogens with two attached hydrogens (primary N) is 6. The number of aromatic nitrogens is 4. The fourth-order valence-corrected chi connectivity index (χ4v) is 19.7. The Balaban J connectivity index is 0.000000501. The summed E-state index contributed by atoms with van der Waals surface area (Å²) in [6.45, 7) is 32.8. The topological polar surface area (TPSA) is 562 Å². The standard InChI is InChI=1S/C62H90N13O14P.C20H27N3O4.CN.Co/c1-29-20-39-40(21-30(29)2)75(28-70-39)57-52(84)53(41(27-76)87-57)89-90(85,86)88-31(3)26-69-49(83)18-19-59(8)37(22-46(66)80)56-62(11)61(10,25-48(68)82)36(14-17-45(65)79)51(74-62)33(5)55-60(9,24-47(67)81)34(12-15-43(63)77)38(71-55)23-42-58(6,7)35(13-16-44(64)78)50(72-42)32(4)54(59)73-56;1-5-26-18(24)16-13-23-12-15(6-7-17(23)21-16)14-8-10-22(11-9-14)19(25)27-20(2,3)4;1-2;/h20-21,23,28,31,34-37,41,52-53,56-57,76,84H,12-19,22,24-27H2,1-11H3,(H15,63,64,65,66,67,68,69,71,72,73,74,77,78,79,80,81,82,83,85,86);6-7,12-14H,5,8-11H2,1-4H3;;/q;;-1;+3/p-2/t31?,34-,35-,36-,37+,41-,52-,53-,56-,57+,59-,60+,61+,62+;;;/m1.../s1. The summed E-state index contributed by atoms with van der Waals surface area (Å²) in [5.74, 6) is -7.45. The number of aliphatic hydroxyl groups is 2. The predicted octanol–water partition coefficient (Wildman–Crippen LogP) is 7.03. The summed E-state index contributed by atoms with van der Waals surface area (Å²) in [5.41, 5.74) is 38.4. The molecule has 8 amide bonds. The molecule has 120 heavy (non-hydrogen) atoms. The normalized spacial score (nSPS) is 29.2.